The first-order chi connectivity index (χ1) is 19.0. The number of benzene rings is 2. The van der Waals surface area contributed by atoms with Gasteiger partial charge in [-0.3, -0.25) is 14.5 Å². The summed E-state index contributed by atoms with van der Waals surface area (Å²) in [5.41, 5.74) is 0.489. The summed E-state index contributed by atoms with van der Waals surface area (Å²) >= 11 is 0. The Morgan fingerprint density at radius 2 is 1.51 bits per heavy atom. The van der Waals surface area contributed by atoms with E-state index < -0.39 is 53.2 Å². The van der Waals surface area contributed by atoms with E-state index in [0.717, 1.165) is 16.0 Å². The van der Waals surface area contributed by atoms with Crippen molar-refractivity contribution in [2.45, 2.75) is 91.1 Å². The van der Waals surface area contributed by atoms with Crippen molar-refractivity contribution in [3.05, 3.63) is 71.3 Å². The number of aryl methyl sites for hydroxylation is 1. The van der Waals surface area contributed by atoms with Gasteiger partial charge in [-0.15, -0.1) is 0 Å². The van der Waals surface area contributed by atoms with Gasteiger partial charge in [0.1, 0.15) is 29.3 Å². The van der Waals surface area contributed by atoms with Crippen LogP contribution in [-0.4, -0.2) is 52.1 Å². The summed E-state index contributed by atoms with van der Waals surface area (Å²) in [4.78, 5) is 53.9. The third-order valence-electron chi connectivity index (χ3n) is 5.64. The zero-order chi connectivity index (χ0) is 31.0. The zero-order valence-corrected chi connectivity index (χ0v) is 25.1. The van der Waals surface area contributed by atoms with Crippen LogP contribution in [0.1, 0.15) is 71.2 Å². The molecule has 0 aromatic heterocycles. The van der Waals surface area contributed by atoms with Crippen LogP contribution < -0.4 is 10.6 Å². The van der Waals surface area contributed by atoms with Crippen molar-refractivity contribution in [1.29, 1.82) is 0 Å². The summed E-state index contributed by atoms with van der Waals surface area (Å²) in [6.45, 7) is 13.6. The van der Waals surface area contributed by atoms with Gasteiger partial charge in [0.05, 0.1) is 0 Å². The molecule has 0 aliphatic heterocycles. The van der Waals surface area contributed by atoms with Crippen molar-refractivity contribution in [1.82, 2.24) is 15.5 Å². The zero-order valence-electron chi connectivity index (χ0n) is 25.1. The van der Waals surface area contributed by atoms with Crippen LogP contribution in [0.2, 0.25) is 0 Å². The summed E-state index contributed by atoms with van der Waals surface area (Å²) < 4.78 is 10.9. The molecule has 2 aromatic carbocycles. The van der Waals surface area contributed by atoms with Crippen LogP contribution in [0.4, 0.5) is 4.79 Å². The van der Waals surface area contributed by atoms with Gasteiger partial charge in [-0.25, -0.2) is 9.59 Å². The summed E-state index contributed by atoms with van der Waals surface area (Å²) in [6.07, 6.45) is 5.14. The summed E-state index contributed by atoms with van der Waals surface area (Å²) in [7, 11) is 0. The molecule has 41 heavy (non-hydrogen) atoms. The maximum absolute atomic E-state index is 13.9. The number of hydrogen-bond acceptors (Lipinski definition) is 6. The Bertz CT molecular complexity index is 1270. The van der Waals surface area contributed by atoms with Gasteiger partial charge in [0.2, 0.25) is 5.91 Å². The van der Waals surface area contributed by atoms with Gasteiger partial charge >= 0.3 is 12.1 Å². The van der Waals surface area contributed by atoms with E-state index >= 15 is 0 Å². The molecule has 220 valence electrons. The Kier molecular flexibility index (Phi) is 11.1. The monoisotopic (exact) mass is 563 g/mol. The van der Waals surface area contributed by atoms with Crippen molar-refractivity contribution >= 4 is 23.9 Å². The highest BCUT2D eigenvalue weighted by Crippen LogP contribution is 2.24. The van der Waals surface area contributed by atoms with Crippen LogP contribution in [-0.2, 0) is 30.3 Å². The molecule has 2 rings (SSSR count). The maximum Gasteiger partial charge on any atom is 0.408 e. The second-order valence-corrected chi connectivity index (χ2v) is 11.8. The minimum Gasteiger partial charge on any atom is -0.458 e. The van der Waals surface area contributed by atoms with Crippen molar-refractivity contribution in [2.75, 3.05) is 0 Å². The van der Waals surface area contributed by atoms with E-state index in [1.54, 1.807) is 59.7 Å². The van der Waals surface area contributed by atoms with Gasteiger partial charge in [0.25, 0.3) is 5.91 Å². The second kappa shape index (κ2) is 13.8. The van der Waals surface area contributed by atoms with Crippen LogP contribution in [0, 0.1) is 19.4 Å². The van der Waals surface area contributed by atoms with Crippen molar-refractivity contribution in [2.24, 2.45) is 0 Å². The Morgan fingerprint density at radius 1 is 0.902 bits per heavy atom. The van der Waals surface area contributed by atoms with Crippen LogP contribution in [0.5, 0.6) is 0 Å². The van der Waals surface area contributed by atoms with Crippen molar-refractivity contribution in [3.8, 4) is 12.5 Å². The largest absolute Gasteiger partial charge is 0.458 e. The average molecular weight is 564 g/mol. The van der Waals surface area contributed by atoms with Crippen LogP contribution in [0.15, 0.2) is 54.6 Å². The molecule has 0 bridgehead atoms. The molecule has 0 aliphatic carbocycles. The van der Waals surface area contributed by atoms with E-state index in [9.17, 15) is 19.2 Å². The number of hydrogen-bond donors (Lipinski definition) is 2. The lowest BCUT2D eigenvalue weighted by Crippen LogP contribution is -2.53. The third kappa shape index (κ3) is 10.6. The molecule has 3 atom stereocenters. The Balaban J connectivity index is 2.44. The molecule has 9 heteroatoms. The van der Waals surface area contributed by atoms with Crippen molar-refractivity contribution in [3.63, 3.8) is 0 Å². The number of nitrogens with one attached hydrogen (secondary N) is 2. The number of carbonyl (C=O) groups excluding carboxylic acids is 4. The van der Waals surface area contributed by atoms with E-state index in [1.807, 2.05) is 43.3 Å². The first kappa shape index (κ1) is 32.9. The molecule has 0 heterocycles. The van der Waals surface area contributed by atoms with Gasteiger partial charge in [-0.1, -0.05) is 66.6 Å². The topological polar surface area (TPSA) is 114 Å². The van der Waals surface area contributed by atoms with Crippen molar-refractivity contribution < 1.29 is 28.7 Å². The Morgan fingerprint density at radius 3 is 2.05 bits per heavy atom. The number of rotatable bonds is 9. The molecular formula is C32H41N3O6. The predicted octanol–water partition coefficient (Wildman–Crippen LogP) is 4.44. The molecule has 0 saturated carbocycles. The minimum atomic E-state index is -1.31. The lowest BCUT2D eigenvalue weighted by Gasteiger charge is -2.31. The number of ether oxygens (including phenoxy) is 2. The molecule has 2 aromatic rings. The fourth-order valence-electron chi connectivity index (χ4n) is 3.94. The molecule has 2 N–H and O–H groups in total. The standard InChI is InChI=1S/C32H41N3O6/c1-10-35(28(37)22(3)33-30(39)41-32(7,8)9)26(24-18-14-15-21(2)19-24)27(36)34-25(29(38)40-31(4,5)6)20-23-16-12-11-13-17-23/h1,11-19,22,25-26H,20H2,2-9H3,(H,33,39)(H,34,36). The van der Waals surface area contributed by atoms with Gasteiger partial charge in [0, 0.05) is 12.5 Å². The molecule has 0 spiro atoms. The quantitative estimate of drug-likeness (QED) is 0.265. The SMILES string of the molecule is C#CN(C(=O)C(C)NC(=O)OC(C)(C)C)C(C(=O)NC(Cc1ccccc1)C(=O)OC(C)(C)C)c1cccc(C)c1. The third-order valence-corrected chi connectivity index (χ3v) is 5.64. The van der Waals surface area contributed by atoms with Crippen LogP contribution >= 0.6 is 0 Å². The molecule has 9 nitrogen and oxygen atoms in total. The lowest BCUT2D eigenvalue weighted by atomic mass is 10.00. The van der Waals surface area contributed by atoms with E-state index in [1.165, 1.54) is 6.92 Å². The maximum atomic E-state index is 13.9. The summed E-state index contributed by atoms with van der Waals surface area (Å²) in [5, 5.41) is 5.24. The molecule has 0 fully saturated rings. The highest BCUT2D eigenvalue weighted by Gasteiger charge is 2.37. The number of nitrogens with zero attached hydrogens (tertiary/aromatic N) is 1. The second-order valence-electron chi connectivity index (χ2n) is 11.8. The van der Waals surface area contributed by atoms with E-state index in [2.05, 4.69) is 16.7 Å². The number of terminal acetylenes is 1. The van der Waals surface area contributed by atoms with Crippen LogP contribution in [0.25, 0.3) is 0 Å². The number of alkyl carbamates (subject to hydrolysis) is 1. The first-order valence-corrected chi connectivity index (χ1v) is 13.4. The Labute approximate surface area is 243 Å². The first-order valence-electron chi connectivity index (χ1n) is 13.4. The molecule has 0 saturated heterocycles. The van der Waals surface area contributed by atoms with Gasteiger partial charge in [-0.05, 0) is 66.5 Å². The lowest BCUT2D eigenvalue weighted by molar-refractivity contribution is -0.159. The van der Waals surface area contributed by atoms with Gasteiger partial charge < -0.3 is 20.1 Å². The normalized spacial score (nSPS) is 13.5. The smallest absolute Gasteiger partial charge is 0.408 e. The van der Waals surface area contributed by atoms with Gasteiger partial charge in [0.15, 0.2) is 0 Å². The number of amides is 3. The highest BCUT2D eigenvalue weighted by atomic mass is 16.6. The average Bonchev–Trinajstić information content (AvgIpc) is 2.84. The van der Waals surface area contributed by atoms with Crippen LogP contribution in [0.3, 0.4) is 0 Å². The molecule has 3 unspecified atom stereocenters. The number of carbonyl (C=O) groups is 4. The van der Waals surface area contributed by atoms with E-state index in [-0.39, 0.29) is 6.42 Å². The Hall–Kier alpha value is -4.32. The summed E-state index contributed by atoms with van der Waals surface area (Å²) in [5.74, 6) is -2.02. The number of esters is 1. The summed E-state index contributed by atoms with van der Waals surface area (Å²) in [6, 6.07) is 15.0. The minimum absolute atomic E-state index is 0.155. The molecule has 0 radical (unpaired) electrons. The highest BCUT2D eigenvalue weighted by molar-refractivity contribution is 5.94. The van der Waals surface area contributed by atoms with E-state index in [0.29, 0.717) is 5.56 Å². The molecule has 3 amide bonds. The molecular weight excluding hydrogens is 522 g/mol. The fraction of sp³-hybridized carbons (Fsp3) is 0.438. The fourth-order valence-corrected chi connectivity index (χ4v) is 3.94. The molecule has 0 aliphatic rings. The van der Waals surface area contributed by atoms with Gasteiger partial charge in [-0.2, -0.15) is 0 Å². The van der Waals surface area contributed by atoms with E-state index in [4.69, 9.17) is 15.9 Å². The predicted molar refractivity (Wildman–Crippen MR) is 156 cm³/mol.